The lowest BCUT2D eigenvalue weighted by molar-refractivity contribution is 0.190. The number of ether oxygens (including phenoxy) is 1. The second-order valence-electron chi connectivity index (χ2n) is 5.94. The van der Waals surface area contributed by atoms with Gasteiger partial charge in [0.2, 0.25) is 0 Å². The van der Waals surface area contributed by atoms with Crippen LogP contribution in [0.25, 0.3) is 12.2 Å². The van der Waals surface area contributed by atoms with Gasteiger partial charge in [-0.3, -0.25) is 4.90 Å². The van der Waals surface area contributed by atoms with E-state index in [-0.39, 0.29) is 18.4 Å². The standard InChI is InChI=1S/C18H24N4O2.ClH/c1-3-12-23-15-7-4-14(5-8-15)6-9-17-20-18(21-24-17)16-13-19-10-11-22(16)2;/h4-9,16,19H,3,10-13H2,1-2H3;1H/b9-6+;. The van der Waals surface area contributed by atoms with Crippen LogP contribution in [-0.4, -0.2) is 48.3 Å². The molecule has 1 aromatic heterocycles. The van der Waals surface area contributed by atoms with Gasteiger partial charge in [-0.15, -0.1) is 12.4 Å². The highest BCUT2D eigenvalue weighted by molar-refractivity contribution is 5.85. The number of piperazine rings is 1. The van der Waals surface area contributed by atoms with E-state index in [1.54, 1.807) is 0 Å². The summed E-state index contributed by atoms with van der Waals surface area (Å²) < 4.78 is 10.9. The molecular formula is C18H25ClN4O2. The first-order valence-electron chi connectivity index (χ1n) is 8.42. The quantitative estimate of drug-likeness (QED) is 0.850. The van der Waals surface area contributed by atoms with Gasteiger partial charge in [-0.25, -0.2) is 0 Å². The molecule has 0 spiro atoms. The molecule has 7 heteroatoms. The van der Waals surface area contributed by atoms with Gasteiger partial charge in [0, 0.05) is 25.7 Å². The molecule has 0 saturated carbocycles. The molecule has 1 unspecified atom stereocenters. The molecule has 1 aromatic carbocycles. The highest BCUT2D eigenvalue weighted by atomic mass is 35.5. The Morgan fingerprint density at radius 2 is 2.12 bits per heavy atom. The molecule has 1 aliphatic heterocycles. The summed E-state index contributed by atoms with van der Waals surface area (Å²) in [4.78, 5) is 6.73. The van der Waals surface area contributed by atoms with Crippen molar-refractivity contribution >= 4 is 24.6 Å². The minimum atomic E-state index is 0. The van der Waals surface area contributed by atoms with Gasteiger partial charge >= 0.3 is 0 Å². The molecule has 2 heterocycles. The van der Waals surface area contributed by atoms with E-state index in [1.807, 2.05) is 36.4 Å². The highest BCUT2D eigenvalue weighted by Crippen LogP contribution is 2.19. The minimum Gasteiger partial charge on any atom is -0.494 e. The van der Waals surface area contributed by atoms with E-state index in [2.05, 4.69) is 34.3 Å². The van der Waals surface area contributed by atoms with E-state index < -0.39 is 0 Å². The number of rotatable bonds is 6. The average Bonchev–Trinajstić information content (AvgIpc) is 3.08. The maximum absolute atomic E-state index is 5.58. The van der Waals surface area contributed by atoms with Crippen LogP contribution in [0.15, 0.2) is 28.8 Å². The summed E-state index contributed by atoms with van der Waals surface area (Å²) in [5, 5.41) is 7.47. The van der Waals surface area contributed by atoms with Crippen LogP contribution >= 0.6 is 12.4 Å². The Bertz CT molecular complexity index is 672. The van der Waals surface area contributed by atoms with Crippen LogP contribution in [0.5, 0.6) is 5.75 Å². The molecule has 6 nitrogen and oxygen atoms in total. The molecule has 1 N–H and O–H groups in total. The van der Waals surface area contributed by atoms with E-state index >= 15 is 0 Å². The number of likely N-dealkylation sites (N-methyl/N-ethyl adjacent to an activating group) is 1. The van der Waals surface area contributed by atoms with Gasteiger partial charge in [0.1, 0.15) is 5.75 Å². The smallest absolute Gasteiger partial charge is 0.250 e. The van der Waals surface area contributed by atoms with Crippen molar-refractivity contribution in [1.29, 1.82) is 0 Å². The van der Waals surface area contributed by atoms with Gasteiger partial charge in [0.25, 0.3) is 5.89 Å². The molecule has 1 fully saturated rings. The molecule has 2 aromatic rings. The number of nitrogens with one attached hydrogen (secondary N) is 1. The van der Waals surface area contributed by atoms with Crippen molar-refractivity contribution in [2.45, 2.75) is 19.4 Å². The van der Waals surface area contributed by atoms with Crippen LogP contribution in [0, 0.1) is 0 Å². The molecule has 0 amide bonds. The summed E-state index contributed by atoms with van der Waals surface area (Å²) in [6, 6.07) is 8.13. The highest BCUT2D eigenvalue weighted by Gasteiger charge is 2.24. The van der Waals surface area contributed by atoms with Gasteiger partial charge in [-0.2, -0.15) is 4.98 Å². The zero-order valence-corrected chi connectivity index (χ0v) is 15.5. The fourth-order valence-electron chi connectivity index (χ4n) is 2.61. The predicted molar refractivity (Wildman–Crippen MR) is 101 cm³/mol. The first-order chi connectivity index (χ1) is 11.8. The predicted octanol–water partition coefficient (Wildman–Crippen LogP) is 3.03. The number of aromatic nitrogens is 2. The zero-order chi connectivity index (χ0) is 16.8. The molecule has 3 rings (SSSR count). The molecule has 0 bridgehead atoms. The molecule has 0 radical (unpaired) electrons. The number of hydrogen-bond donors (Lipinski definition) is 1. The van der Waals surface area contributed by atoms with E-state index in [0.717, 1.165) is 49.8 Å². The monoisotopic (exact) mass is 364 g/mol. The molecule has 1 atom stereocenters. The summed E-state index contributed by atoms with van der Waals surface area (Å²) in [6.07, 6.45) is 4.81. The average molecular weight is 365 g/mol. The van der Waals surface area contributed by atoms with Gasteiger partial charge < -0.3 is 14.6 Å². The Labute approximate surface area is 154 Å². The van der Waals surface area contributed by atoms with Crippen LogP contribution in [0.2, 0.25) is 0 Å². The van der Waals surface area contributed by atoms with E-state index in [4.69, 9.17) is 9.26 Å². The molecule has 136 valence electrons. The Hall–Kier alpha value is -1.89. The van der Waals surface area contributed by atoms with Gasteiger partial charge in [-0.05, 0) is 37.2 Å². The van der Waals surface area contributed by atoms with Crippen molar-refractivity contribution in [2.24, 2.45) is 0 Å². The number of benzene rings is 1. The normalized spacial score (nSPS) is 18.2. The largest absolute Gasteiger partial charge is 0.494 e. The Balaban J connectivity index is 0.00000225. The fourth-order valence-corrected chi connectivity index (χ4v) is 2.61. The Kier molecular flexibility index (Phi) is 7.43. The van der Waals surface area contributed by atoms with Gasteiger partial charge in [0.05, 0.1) is 12.6 Å². The van der Waals surface area contributed by atoms with E-state index in [1.165, 1.54) is 0 Å². The van der Waals surface area contributed by atoms with Crippen LogP contribution in [0.1, 0.15) is 36.7 Å². The Morgan fingerprint density at radius 3 is 2.84 bits per heavy atom. The lowest BCUT2D eigenvalue weighted by Gasteiger charge is -2.30. The van der Waals surface area contributed by atoms with Crippen LogP contribution in [0.3, 0.4) is 0 Å². The van der Waals surface area contributed by atoms with Crippen molar-refractivity contribution in [3.63, 3.8) is 0 Å². The lowest BCUT2D eigenvalue weighted by Crippen LogP contribution is -2.44. The third kappa shape index (κ3) is 5.29. The SMILES string of the molecule is CCCOc1ccc(/C=C/c2nc(C3CNCCN3C)no2)cc1.Cl. The maximum Gasteiger partial charge on any atom is 0.250 e. The summed E-state index contributed by atoms with van der Waals surface area (Å²) in [6.45, 7) is 5.66. The molecule has 1 saturated heterocycles. The topological polar surface area (TPSA) is 63.4 Å². The van der Waals surface area contributed by atoms with Crippen LogP contribution < -0.4 is 10.1 Å². The third-order valence-electron chi connectivity index (χ3n) is 4.04. The van der Waals surface area contributed by atoms with Gasteiger partial charge in [-0.1, -0.05) is 24.2 Å². The fraction of sp³-hybridized carbons (Fsp3) is 0.444. The first-order valence-corrected chi connectivity index (χ1v) is 8.42. The van der Waals surface area contributed by atoms with Crippen molar-refractivity contribution in [2.75, 3.05) is 33.3 Å². The number of halogens is 1. The minimum absolute atomic E-state index is 0. The van der Waals surface area contributed by atoms with E-state index in [9.17, 15) is 0 Å². The first kappa shape index (κ1) is 19.4. The lowest BCUT2D eigenvalue weighted by atomic mass is 10.2. The van der Waals surface area contributed by atoms with Crippen molar-refractivity contribution in [3.05, 3.63) is 41.5 Å². The third-order valence-corrected chi connectivity index (χ3v) is 4.04. The van der Waals surface area contributed by atoms with Crippen molar-refractivity contribution in [1.82, 2.24) is 20.4 Å². The Morgan fingerprint density at radius 1 is 1.32 bits per heavy atom. The molecule has 25 heavy (non-hydrogen) atoms. The molecule has 0 aliphatic carbocycles. The second kappa shape index (κ2) is 9.56. The summed E-state index contributed by atoms with van der Waals surface area (Å²) in [7, 11) is 2.08. The zero-order valence-electron chi connectivity index (χ0n) is 14.6. The number of hydrogen-bond acceptors (Lipinski definition) is 6. The van der Waals surface area contributed by atoms with Crippen LogP contribution in [0.4, 0.5) is 0 Å². The van der Waals surface area contributed by atoms with Crippen molar-refractivity contribution < 1.29 is 9.26 Å². The van der Waals surface area contributed by atoms with Crippen molar-refractivity contribution in [3.8, 4) is 5.75 Å². The summed E-state index contributed by atoms with van der Waals surface area (Å²) in [5.74, 6) is 2.14. The number of nitrogens with zero attached hydrogens (tertiary/aromatic N) is 3. The summed E-state index contributed by atoms with van der Waals surface area (Å²) >= 11 is 0. The summed E-state index contributed by atoms with van der Waals surface area (Å²) in [5.41, 5.74) is 1.06. The van der Waals surface area contributed by atoms with Gasteiger partial charge in [0.15, 0.2) is 5.82 Å². The molecule has 1 aliphatic rings. The molecular weight excluding hydrogens is 340 g/mol. The second-order valence-corrected chi connectivity index (χ2v) is 5.94. The maximum atomic E-state index is 5.58. The van der Waals surface area contributed by atoms with E-state index in [0.29, 0.717) is 5.89 Å². The van der Waals surface area contributed by atoms with Crippen LogP contribution in [-0.2, 0) is 0 Å².